The lowest BCUT2D eigenvalue weighted by atomic mass is 9.65. The van der Waals surface area contributed by atoms with Gasteiger partial charge in [-0.25, -0.2) is 4.39 Å². The number of ketones is 1. The first-order valence-electron chi connectivity index (χ1n) is 10.4. The summed E-state index contributed by atoms with van der Waals surface area (Å²) >= 11 is 0. The van der Waals surface area contributed by atoms with E-state index in [9.17, 15) is 22.4 Å². The molecule has 0 bridgehead atoms. The van der Waals surface area contributed by atoms with Crippen LogP contribution in [-0.2, 0) is 6.18 Å². The number of rotatable bonds is 5. The van der Waals surface area contributed by atoms with E-state index in [1.165, 1.54) is 12.1 Å². The van der Waals surface area contributed by atoms with E-state index in [1.54, 1.807) is 18.2 Å². The number of piperidine rings is 1. The van der Waals surface area contributed by atoms with Crippen LogP contribution in [-0.4, -0.2) is 42.0 Å². The van der Waals surface area contributed by atoms with Crippen LogP contribution in [0, 0.1) is 16.6 Å². The van der Waals surface area contributed by atoms with Crippen molar-refractivity contribution in [1.29, 1.82) is 5.41 Å². The number of hydrogen-bond acceptors (Lipinski definition) is 5. The van der Waals surface area contributed by atoms with Crippen LogP contribution in [0.4, 0.5) is 23.2 Å². The van der Waals surface area contributed by atoms with Gasteiger partial charge >= 0.3 is 6.18 Å². The van der Waals surface area contributed by atoms with Gasteiger partial charge in [0, 0.05) is 36.9 Å². The largest absolute Gasteiger partial charge is 0.416 e. The van der Waals surface area contributed by atoms with E-state index in [0.29, 0.717) is 36.5 Å². The van der Waals surface area contributed by atoms with Gasteiger partial charge in [-0.3, -0.25) is 9.78 Å². The first kappa shape index (κ1) is 22.8. The molecule has 1 aromatic heterocycles. The molecular formula is C24H22F4N4O. The molecule has 0 saturated carbocycles. The van der Waals surface area contributed by atoms with Crippen LogP contribution >= 0.6 is 0 Å². The minimum atomic E-state index is -4.59. The summed E-state index contributed by atoms with van der Waals surface area (Å²) in [5.41, 5.74) is 0.240. The highest BCUT2D eigenvalue weighted by atomic mass is 19.4. The zero-order valence-corrected chi connectivity index (χ0v) is 17.8. The van der Waals surface area contributed by atoms with Crippen molar-refractivity contribution >= 4 is 17.7 Å². The van der Waals surface area contributed by atoms with Crippen LogP contribution in [0.3, 0.4) is 0 Å². The SMILES string of the molecule is CN1CCC2=CC(Nc3ccc(F)cc3)=C(C=N)C[C@]2(C(=O)c2cc(C(F)(F)F)ccn2)C1. The van der Waals surface area contributed by atoms with Gasteiger partial charge < -0.3 is 15.6 Å². The maximum Gasteiger partial charge on any atom is 0.416 e. The average molecular weight is 458 g/mol. The van der Waals surface area contributed by atoms with Crippen LogP contribution in [0.2, 0.25) is 0 Å². The normalized spacial score (nSPS) is 21.3. The smallest absolute Gasteiger partial charge is 0.355 e. The van der Waals surface area contributed by atoms with Gasteiger partial charge in [0.1, 0.15) is 11.5 Å². The van der Waals surface area contributed by atoms with Crippen LogP contribution in [0.1, 0.15) is 28.9 Å². The molecule has 1 saturated heterocycles. The van der Waals surface area contributed by atoms with Crippen molar-refractivity contribution in [3.05, 3.63) is 82.6 Å². The number of carbonyl (C=O) groups is 1. The van der Waals surface area contributed by atoms with E-state index in [-0.39, 0.29) is 17.9 Å². The van der Waals surface area contributed by atoms with Crippen molar-refractivity contribution in [3.63, 3.8) is 0 Å². The molecule has 1 aliphatic carbocycles. The number of aromatic nitrogens is 1. The van der Waals surface area contributed by atoms with E-state index >= 15 is 0 Å². The second-order valence-electron chi connectivity index (χ2n) is 8.39. The Balaban J connectivity index is 1.74. The number of anilines is 1. The molecular weight excluding hydrogens is 436 g/mol. The number of alkyl halides is 3. The summed E-state index contributed by atoms with van der Waals surface area (Å²) in [4.78, 5) is 19.6. The minimum Gasteiger partial charge on any atom is -0.355 e. The van der Waals surface area contributed by atoms with Crippen molar-refractivity contribution in [3.8, 4) is 0 Å². The van der Waals surface area contributed by atoms with Gasteiger partial charge in [-0.15, -0.1) is 0 Å². The molecule has 4 rings (SSSR count). The average Bonchev–Trinajstić information content (AvgIpc) is 2.79. The van der Waals surface area contributed by atoms with Gasteiger partial charge in [-0.05, 0) is 67.9 Å². The summed E-state index contributed by atoms with van der Waals surface area (Å²) < 4.78 is 53.0. The second-order valence-corrected chi connectivity index (χ2v) is 8.39. The minimum absolute atomic E-state index is 0.146. The Morgan fingerprint density at radius 2 is 1.97 bits per heavy atom. The van der Waals surface area contributed by atoms with Crippen LogP contribution < -0.4 is 5.32 Å². The lowest BCUT2D eigenvalue weighted by Gasteiger charge is -2.45. The van der Waals surface area contributed by atoms with Gasteiger partial charge in [-0.2, -0.15) is 13.2 Å². The van der Waals surface area contributed by atoms with Crippen molar-refractivity contribution in [1.82, 2.24) is 9.88 Å². The molecule has 2 aromatic rings. The Hall–Kier alpha value is -3.33. The number of nitrogens with one attached hydrogen (secondary N) is 2. The van der Waals surface area contributed by atoms with Crippen LogP contribution in [0.15, 0.2) is 65.5 Å². The molecule has 0 unspecified atom stereocenters. The number of Topliss-reactive ketones (excluding diaryl/α,β-unsaturated/α-hetero) is 1. The zero-order valence-electron chi connectivity index (χ0n) is 17.8. The highest BCUT2D eigenvalue weighted by molar-refractivity contribution is 6.03. The summed E-state index contributed by atoms with van der Waals surface area (Å²) in [5.74, 6) is -0.871. The standard InChI is InChI=1S/C24H22F4N4O/c1-32-9-7-16-10-20(31-19-4-2-18(25)3-5-19)15(13-29)12-23(16,14-32)22(33)21-11-17(6-8-30-21)24(26,27)28/h2-6,8,10-11,13,29,31H,7,9,12,14H2,1H3/t23-/m0/s1. The summed E-state index contributed by atoms with van der Waals surface area (Å²) in [7, 11) is 1.85. The first-order valence-corrected chi connectivity index (χ1v) is 10.4. The number of benzene rings is 1. The second kappa shape index (κ2) is 8.55. The Kier molecular flexibility index (Phi) is 5.92. The predicted octanol–water partition coefficient (Wildman–Crippen LogP) is 5.09. The first-order chi connectivity index (χ1) is 15.6. The van der Waals surface area contributed by atoms with E-state index in [2.05, 4.69) is 10.3 Å². The fourth-order valence-electron chi connectivity index (χ4n) is 4.47. The third-order valence-electron chi connectivity index (χ3n) is 6.13. The zero-order chi connectivity index (χ0) is 23.8. The van der Waals surface area contributed by atoms with Crippen LogP contribution in [0.25, 0.3) is 0 Å². The lowest BCUT2D eigenvalue weighted by Crippen LogP contribution is -2.49. The monoisotopic (exact) mass is 458 g/mol. The number of pyridine rings is 1. The van der Waals surface area contributed by atoms with Crippen molar-refractivity contribution in [2.45, 2.75) is 19.0 Å². The van der Waals surface area contributed by atoms with Gasteiger partial charge in [0.25, 0.3) is 0 Å². The number of nitrogens with zero attached hydrogens (tertiary/aromatic N) is 2. The molecule has 1 aromatic carbocycles. The molecule has 1 fully saturated rings. The summed E-state index contributed by atoms with van der Waals surface area (Å²) in [5, 5.41) is 11.1. The predicted molar refractivity (Wildman–Crippen MR) is 117 cm³/mol. The fraction of sp³-hybridized carbons (Fsp3) is 0.292. The molecule has 2 heterocycles. The van der Waals surface area contributed by atoms with Gasteiger partial charge in [0.05, 0.1) is 11.0 Å². The number of halogens is 4. The maximum atomic E-state index is 13.7. The summed E-state index contributed by atoms with van der Waals surface area (Å²) in [6.45, 7) is 0.984. The highest BCUT2D eigenvalue weighted by Gasteiger charge is 2.48. The summed E-state index contributed by atoms with van der Waals surface area (Å²) in [6, 6.07) is 7.39. The molecule has 2 aliphatic rings. The van der Waals surface area contributed by atoms with E-state index in [4.69, 9.17) is 5.41 Å². The van der Waals surface area contributed by atoms with Crippen molar-refractivity contribution in [2.24, 2.45) is 5.41 Å². The molecule has 1 atom stereocenters. The molecule has 9 heteroatoms. The Bertz CT molecular complexity index is 1150. The molecule has 0 amide bonds. The molecule has 172 valence electrons. The third-order valence-corrected chi connectivity index (χ3v) is 6.13. The Labute approximate surface area is 188 Å². The van der Waals surface area contributed by atoms with Crippen molar-refractivity contribution in [2.75, 3.05) is 25.5 Å². The topological polar surface area (TPSA) is 69.1 Å². The number of allylic oxidation sites excluding steroid dienone is 2. The van der Waals surface area contributed by atoms with Gasteiger partial charge in [-0.1, -0.05) is 5.57 Å². The Morgan fingerprint density at radius 3 is 2.64 bits per heavy atom. The van der Waals surface area contributed by atoms with E-state index in [0.717, 1.165) is 30.1 Å². The molecule has 2 N–H and O–H groups in total. The molecule has 0 radical (unpaired) electrons. The number of hydrogen-bond donors (Lipinski definition) is 2. The third kappa shape index (κ3) is 4.45. The van der Waals surface area contributed by atoms with Crippen LogP contribution in [0.5, 0.6) is 0 Å². The molecule has 5 nitrogen and oxygen atoms in total. The van der Waals surface area contributed by atoms with E-state index in [1.807, 2.05) is 11.9 Å². The lowest BCUT2D eigenvalue weighted by molar-refractivity contribution is -0.137. The van der Waals surface area contributed by atoms with Crippen molar-refractivity contribution < 1.29 is 22.4 Å². The highest BCUT2D eigenvalue weighted by Crippen LogP contribution is 2.46. The molecule has 1 aliphatic heterocycles. The summed E-state index contributed by atoms with van der Waals surface area (Å²) in [6.07, 6.45) is 0.0406. The van der Waals surface area contributed by atoms with Gasteiger partial charge in [0.15, 0.2) is 5.78 Å². The number of fused-ring (bicyclic) bond motifs is 1. The maximum absolute atomic E-state index is 13.7. The quantitative estimate of drug-likeness (QED) is 0.372. The number of carbonyl (C=O) groups excluding carboxylic acids is 1. The van der Waals surface area contributed by atoms with Gasteiger partial charge in [0.2, 0.25) is 0 Å². The Morgan fingerprint density at radius 1 is 1.24 bits per heavy atom. The molecule has 0 spiro atoms. The molecule has 33 heavy (non-hydrogen) atoms. The fourth-order valence-corrected chi connectivity index (χ4v) is 4.47. The number of likely N-dealkylation sites (tertiary alicyclic amines) is 1. The van der Waals surface area contributed by atoms with E-state index < -0.39 is 22.9 Å².